The summed E-state index contributed by atoms with van der Waals surface area (Å²) < 4.78 is 17.7. The van der Waals surface area contributed by atoms with Crippen LogP contribution in [0.5, 0.6) is 0 Å². The SMILES string of the molecule is CC/C=C\C/C=C\C/C=C\C/C=C\C/C=C\CCCCCCCCCCCCCC(=O)OC1C(OCC(NC(=O)C(O)CCCCCCCCCCCCCCCCCCCCCCCC)C(O)/C=C/CCCCCCCCCCC)OC(CO)C(O)C1O. The maximum atomic E-state index is 13.5. The minimum atomic E-state index is -1.62. The smallest absolute Gasteiger partial charge is 0.306 e. The first kappa shape index (κ1) is 84.1. The lowest BCUT2D eigenvalue weighted by molar-refractivity contribution is -0.305. The van der Waals surface area contributed by atoms with E-state index in [-0.39, 0.29) is 13.0 Å². The second kappa shape index (κ2) is 65.2. The Hall–Kier alpha value is -2.90. The number of carbonyl (C=O) groups excluding carboxylic acids is 2. The largest absolute Gasteiger partial charge is 0.454 e. The average Bonchev–Trinajstić information content (AvgIpc) is 1.43. The molecule has 0 radical (unpaired) electrons. The highest BCUT2D eigenvalue weighted by Gasteiger charge is 2.47. The van der Waals surface area contributed by atoms with Crippen molar-refractivity contribution in [2.24, 2.45) is 0 Å². The molecule has 518 valence electrons. The van der Waals surface area contributed by atoms with Crippen molar-refractivity contribution in [2.75, 3.05) is 13.2 Å². The van der Waals surface area contributed by atoms with Crippen molar-refractivity contribution in [1.82, 2.24) is 5.32 Å². The molecule has 6 N–H and O–H groups in total. The summed E-state index contributed by atoms with van der Waals surface area (Å²) in [6, 6.07) is -1.02. The summed E-state index contributed by atoms with van der Waals surface area (Å²) in [5, 5.41) is 57.3. The number of esters is 1. The van der Waals surface area contributed by atoms with E-state index in [1.165, 1.54) is 205 Å². The third-order valence-electron chi connectivity index (χ3n) is 17.6. The number of nitrogens with one attached hydrogen (secondary N) is 1. The minimum Gasteiger partial charge on any atom is -0.454 e. The molecule has 0 aromatic carbocycles. The number of unbranched alkanes of at least 4 members (excludes halogenated alkanes) is 41. The van der Waals surface area contributed by atoms with Gasteiger partial charge in [0.15, 0.2) is 12.4 Å². The van der Waals surface area contributed by atoms with Crippen LogP contribution in [0, 0.1) is 0 Å². The number of carbonyl (C=O) groups is 2. The molecule has 1 heterocycles. The van der Waals surface area contributed by atoms with E-state index in [1.807, 2.05) is 6.08 Å². The molecule has 8 unspecified atom stereocenters. The van der Waals surface area contributed by atoms with E-state index >= 15 is 0 Å². The molecular weight excluding hydrogens is 1110 g/mol. The molecule has 0 spiro atoms. The summed E-state index contributed by atoms with van der Waals surface area (Å²) in [6.07, 6.45) is 75.2. The van der Waals surface area contributed by atoms with Crippen LogP contribution in [0.2, 0.25) is 0 Å². The lowest BCUT2D eigenvalue weighted by Crippen LogP contribution is -2.61. The van der Waals surface area contributed by atoms with E-state index in [0.717, 1.165) is 96.3 Å². The lowest BCUT2D eigenvalue weighted by Gasteiger charge is -2.41. The molecule has 8 atom stereocenters. The summed E-state index contributed by atoms with van der Waals surface area (Å²) in [5.41, 5.74) is 0. The number of rotatable bonds is 65. The predicted molar refractivity (Wildman–Crippen MR) is 375 cm³/mol. The van der Waals surface area contributed by atoms with Gasteiger partial charge in [-0.3, -0.25) is 9.59 Å². The zero-order valence-corrected chi connectivity index (χ0v) is 57.8. The summed E-state index contributed by atoms with van der Waals surface area (Å²) in [6.45, 7) is 5.72. The summed E-state index contributed by atoms with van der Waals surface area (Å²) in [4.78, 5) is 26.7. The Bertz CT molecular complexity index is 1730. The molecule has 89 heavy (non-hydrogen) atoms. The Morgan fingerprint density at radius 2 is 0.809 bits per heavy atom. The van der Waals surface area contributed by atoms with Crippen LogP contribution in [-0.2, 0) is 23.8 Å². The van der Waals surface area contributed by atoms with Crippen LogP contribution in [0.25, 0.3) is 0 Å². The maximum absolute atomic E-state index is 13.5. The van der Waals surface area contributed by atoms with Gasteiger partial charge in [-0.05, 0) is 70.6 Å². The third kappa shape index (κ3) is 52.2. The molecule has 1 fully saturated rings. The molecule has 1 amide bonds. The third-order valence-corrected chi connectivity index (χ3v) is 17.6. The van der Waals surface area contributed by atoms with Crippen LogP contribution in [-0.4, -0.2) is 99.6 Å². The fourth-order valence-corrected chi connectivity index (χ4v) is 11.7. The van der Waals surface area contributed by atoms with Gasteiger partial charge in [0.05, 0.1) is 25.4 Å². The second-order valence-corrected chi connectivity index (χ2v) is 26.0. The van der Waals surface area contributed by atoms with Crippen molar-refractivity contribution in [3.8, 4) is 0 Å². The molecule has 0 aliphatic carbocycles. The van der Waals surface area contributed by atoms with Gasteiger partial charge in [0.1, 0.15) is 24.4 Å². The van der Waals surface area contributed by atoms with Crippen LogP contribution in [0.1, 0.15) is 348 Å². The molecule has 1 aliphatic rings. The summed E-state index contributed by atoms with van der Waals surface area (Å²) >= 11 is 0. The topological polar surface area (TPSA) is 175 Å². The van der Waals surface area contributed by atoms with Crippen molar-refractivity contribution in [1.29, 1.82) is 0 Å². The normalized spacial score (nSPS) is 18.5. The summed E-state index contributed by atoms with van der Waals surface area (Å²) in [7, 11) is 0. The highest BCUT2D eigenvalue weighted by Crippen LogP contribution is 2.26. The van der Waals surface area contributed by atoms with E-state index in [9.17, 15) is 35.1 Å². The molecule has 11 nitrogen and oxygen atoms in total. The zero-order chi connectivity index (χ0) is 64.6. The van der Waals surface area contributed by atoms with Gasteiger partial charge in [0, 0.05) is 6.42 Å². The molecule has 0 aromatic rings. The molecule has 1 rings (SSSR count). The first-order chi connectivity index (χ1) is 43.7. The number of ether oxygens (including phenoxy) is 3. The van der Waals surface area contributed by atoms with Gasteiger partial charge >= 0.3 is 5.97 Å². The molecule has 1 aliphatic heterocycles. The van der Waals surface area contributed by atoms with Crippen LogP contribution in [0.3, 0.4) is 0 Å². The predicted octanol–water partition coefficient (Wildman–Crippen LogP) is 19.9. The Labute approximate surface area is 547 Å². The van der Waals surface area contributed by atoms with Crippen molar-refractivity contribution in [3.05, 3.63) is 72.9 Å². The summed E-state index contributed by atoms with van der Waals surface area (Å²) in [5.74, 6) is -1.19. The fourth-order valence-electron chi connectivity index (χ4n) is 11.7. The number of allylic oxidation sites excluding steroid dienone is 11. The highest BCUT2D eigenvalue weighted by atomic mass is 16.7. The maximum Gasteiger partial charge on any atom is 0.306 e. The number of hydrogen-bond acceptors (Lipinski definition) is 10. The molecule has 1 saturated heterocycles. The van der Waals surface area contributed by atoms with Crippen molar-refractivity contribution < 1.29 is 49.3 Å². The zero-order valence-electron chi connectivity index (χ0n) is 57.8. The minimum absolute atomic E-state index is 0.119. The van der Waals surface area contributed by atoms with Crippen molar-refractivity contribution in [3.63, 3.8) is 0 Å². The standard InChI is InChI=1S/C78H141NO10/c1-4-7-10-13-16-19-22-24-26-28-30-32-34-35-36-37-38-40-42-44-46-48-51-54-57-60-63-66-73(83)89-76-75(85)74(84)72(67-80)88-78(76)87-68-69(70(81)64-61-58-55-52-49-21-18-15-12-9-6-3)79-77(86)71(82)65-62-59-56-53-50-47-45-43-41-39-33-31-29-27-25-23-20-17-14-11-8-5-2/h7,10,16,19,24,26,30,32,35-36,61,64,69-72,74-76,78,80-82,84-85H,4-6,8-9,11-15,17-18,20-23,25,27-29,31,33-34,37-60,62-63,65-68H2,1-3H3,(H,79,86)/b10-7-,19-16-,26-24-,32-30-,36-35-,64-61+. The van der Waals surface area contributed by atoms with Gasteiger partial charge in [0.25, 0.3) is 0 Å². The first-order valence-corrected chi connectivity index (χ1v) is 37.7. The number of hydrogen-bond donors (Lipinski definition) is 6. The van der Waals surface area contributed by atoms with Crippen LogP contribution in [0.15, 0.2) is 72.9 Å². The van der Waals surface area contributed by atoms with Gasteiger partial charge < -0.3 is 45.1 Å². The molecule has 0 bridgehead atoms. The second-order valence-electron chi connectivity index (χ2n) is 26.0. The van der Waals surface area contributed by atoms with Gasteiger partial charge in [-0.1, -0.05) is 344 Å². The Morgan fingerprint density at radius 3 is 1.21 bits per heavy atom. The number of amides is 1. The quantitative estimate of drug-likeness (QED) is 0.0195. The van der Waals surface area contributed by atoms with Crippen LogP contribution in [0.4, 0.5) is 0 Å². The van der Waals surface area contributed by atoms with E-state index < -0.39 is 67.4 Å². The Balaban J connectivity index is 2.50. The van der Waals surface area contributed by atoms with Crippen molar-refractivity contribution >= 4 is 11.9 Å². The van der Waals surface area contributed by atoms with Gasteiger partial charge in [0.2, 0.25) is 5.91 Å². The average molecular weight is 1250 g/mol. The Kier molecular flexibility index (Phi) is 61.6. The number of aliphatic hydroxyl groups excluding tert-OH is 5. The van der Waals surface area contributed by atoms with E-state index in [0.29, 0.717) is 19.3 Å². The monoisotopic (exact) mass is 1250 g/mol. The van der Waals surface area contributed by atoms with Gasteiger partial charge in [-0.15, -0.1) is 0 Å². The fraction of sp³-hybridized carbons (Fsp3) is 0.821. The van der Waals surface area contributed by atoms with Gasteiger partial charge in [-0.2, -0.15) is 0 Å². The van der Waals surface area contributed by atoms with Crippen LogP contribution < -0.4 is 5.32 Å². The number of aliphatic hydroxyl groups is 5. The van der Waals surface area contributed by atoms with E-state index in [1.54, 1.807) is 6.08 Å². The Morgan fingerprint density at radius 1 is 0.449 bits per heavy atom. The molecule has 0 saturated carbocycles. The van der Waals surface area contributed by atoms with Crippen LogP contribution >= 0.6 is 0 Å². The highest BCUT2D eigenvalue weighted by molar-refractivity contribution is 5.80. The van der Waals surface area contributed by atoms with Crippen molar-refractivity contribution in [2.45, 2.75) is 397 Å². The van der Waals surface area contributed by atoms with Gasteiger partial charge in [-0.25, -0.2) is 0 Å². The van der Waals surface area contributed by atoms with E-state index in [2.05, 4.69) is 86.8 Å². The van der Waals surface area contributed by atoms with E-state index in [4.69, 9.17) is 14.2 Å². The molecular formula is C78H141NO10. The molecule has 0 aromatic heterocycles. The lowest BCUT2D eigenvalue weighted by atomic mass is 9.99. The first-order valence-electron chi connectivity index (χ1n) is 37.7. The molecule has 11 heteroatoms.